The summed E-state index contributed by atoms with van der Waals surface area (Å²) in [6.45, 7) is 0. The molecule has 8 heteroatoms. The Morgan fingerprint density at radius 3 is 2.50 bits per heavy atom. The van der Waals surface area contributed by atoms with E-state index < -0.39 is 29.3 Å². The molecule has 0 saturated heterocycles. The van der Waals surface area contributed by atoms with E-state index in [4.69, 9.17) is 5.11 Å². The summed E-state index contributed by atoms with van der Waals surface area (Å²) in [6, 6.07) is 0. The van der Waals surface area contributed by atoms with Crippen molar-refractivity contribution in [1.82, 2.24) is 9.97 Å². The first-order valence-electron chi connectivity index (χ1n) is 8.16. The van der Waals surface area contributed by atoms with Crippen LogP contribution >= 0.6 is 0 Å². The summed E-state index contributed by atoms with van der Waals surface area (Å²) in [6.07, 6.45) is 2.92. The fourth-order valence-corrected chi connectivity index (χ4v) is 5.38. The maximum absolute atomic E-state index is 13.1. The average Bonchev–Trinajstić information content (AvgIpc) is 2.43. The normalized spacial score (nSPS) is 37.0. The quantitative estimate of drug-likeness (QED) is 0.780. The molecule has 6 nitrogen and oxygen atoms in total. The number of hydrogen-bond acceptors (Lipinski definition) is 5. The molecule has 0 spiro atoms. The molecule has 1 heterocycles. The topological polar surface area (TPSA) is 95.3 Å². The smallest absolute Gasteiger partial charge is 0.339 e. The van der Waals surface area contributed by atoms with E-state index in [0.717, 1.165) is 38.3 Å². The van der Waals surface area contributed by atoms with Gasteiger partial charge in [0.15, 0.2) is 0 Å². The monoisotopic (exact) mass is 339 g/mol. The van der Waals surface area contributed by atoms with Crippen molar-refractivity contribution in [1.29, 1.82) is 0 Å². The minimum Gasteiger partial charge on any atom is -0.478 e. The van der Waals surface area contributed by atoms with E-state index in [-0.39, 0.29) is 11.5 Å². The Balaban J connectivity index is 1.64. The lowest BCUT2D eigenvalue weighted by atomic mass is 9.51. The highest BCUT2D eigenvalue weighted by Crippen LogP contribution is 2.58. The molecule has 3 N–H and O–H groups in total. The third-order valence-electron chi connectivity index (χ3n) is 5.66. The standard InChI is InChI=1S/C16H19F2N3O3/c17-12(18)11-10(13(22)23)6-19-14(20-11)21-15-2-8-1-9(3-15)5-16(24,4-8)7-15/h6,8-9,12,24H,1-5,7H2,(H,22,23)(H,19,20,21). The predicted octanol–water partition coefficient (Wildman–Crippen LogP) is 2.61. The summed E-state index contributed by atoms with van der Waals surface area (Å²) in [7, 11) is 0. The predicted molar refractivity (Wildman–Crippen MR) is 79.9 cm³/mol. The summed E-state index contributed by atoms with van der Waals surface area (Å²) in [4.78, 5) is 18.7. The molecule has 5 rings (SSSR count). The lowest BCUT2D eigenvalue weighted by Gasteiger charge is -2.60. The van der Waals surface area contributed by atoms with Crippen molar-refractivity contribution in [2.45, 2.75) is 56.1 Å². The number of hydrogen-bond donors (Lipinski definition) is 3. The Morgan fingerprint density at radius 2 is 1.96 bits per heavy atom. The van der Waals surface area contributed by atoms with Crippen LogP contribution in [0.15, 0.2) is 6.20 Å². The first-order valence-corrected chi connectivity index (χ1v) is 8.16. The maximum atomic E-state index is 13.1. The van der Waals surface area contributed by atoms with Gasteiger partial charge >= 0.3 is 5.97 Å². The highest BCUT2D eigenvalue weighted by Gasteiger charge is 2.57. The number of nitrogens with zero attached hydrogens (tertiary/aromatic N) is 2. The number of rotatable bonds is 4. The Morgan fingerprint density at radius 1 is 1.29 bits per heavy atom. The molecule has 0 aliphatic heterocycles. The van der Waals surface area contributed by atoms with Crippen LogP contribution in [-0.4, -0.2) is 37.3 Å². The highest BCUT2D eigenvalue weighted by molar-refractivity contribution is 5.88. The summed E-state index contributed by atoms with van der Waals surface area (Å²) in [5.41, 5.74) is -2.43. The summed E-state index contributed by atoms with van der Waals surface area (Å²) < 4.78 is 26.2. The minimum absolute atomic E-state index is 0.0147. The minimum atomic E-state index is -2.99. The van der Waals surface area contributed by atoms with Crippen LogP contribution in [-0.2, 0) is 0 Å². The number of anilines is 1. The van der Waals surface area contributed by atoms with Crippen molar-refractivity contribution in [2.75, 3.05) is 5.32 Å². The Bertz CT molecular complexity index is 683. The number of carboxylic acid groups (broad SMARTS) is 1. The van der Waals surface area contributed by atoms with Crippen molar-refractivity contribution in [3.05, 3.63) is 17.5 Å². The van der Waals surface area contributed by atoms with Crippen LogP contribution in [0.3, 0.4) is 0 Å². The van der Waals surface area contributed by atoms with Crippen LogP contribution in [0.4, 0.5) is 14.7 Å². The van der Waals surface area contributed by atoms with Gasteiger partial charge in [-0.3, -0.25) is 0 Å². The lowest BCUT2D eigenvalue weighted by molar-refractivity contribution is -0.127. The molecule has 0 aromatic carbocycles. The SMILES string of the molecule is O=C(O)c1cnc(NC23CC4CC(CC(O)(C4)C2)C3)nc1C(F)F. The summed E-state index contributed by atoms with van der Waals surface area (Å²) >= 11 is 0. The van der Waals surface area contributed by atoms with Gasteiger partial charge in [0.25, 0.3) is 6.43 Å². The molecular formula is C16H19F2N3O3. The zero-order valence-electron chi connectivity index (χ0n) is 13.0. The second-order valence-corrected chi connectivity index (χ2v) is 7.69. The molecule has 1 aromatic rings. The van der Waals surface area contributed by atoms with Crippen molar-refractivity contribution >= 4 is 11.9 Å². The zero-order valence-corrected chi connectivity index (χ0v) is 13.0. The van der Waals surface area contributed by atoms with Gasteiger partial charge in [-0.2, -0.15) is 0 Å². The van der Waals surface area contributed by atoms with Gasteiger partial charge in [-0.15, -0.1) is 0 Å². The van der Waals surface area contributed by atoms with Crippen LogP contribution in [0, 0.1) is 11.8 Å². The van der Waals surface area contributed by atoms with Crippen LogP contribution in [0.25, 0.3) is 0 Å². The molecule has 4 saturated carbocycles. The molecular weight excluding hydrogens is 320 g/mol. The number of carbonyl (C=O) groups is 1. The fourth-order valence-electron chi connectivity index (χ4n) is 5.38. The number of halogens is 2. The molecule has 1 aromatic heterocycles. The van der Waals surface area contributed by atoms with E-state index in [1.54, 1.807) is 0 Å². The van der Waals surface area contributed by atoms with Crippen molar-refractivity contribution in [3.8, 4) is 0 Å². The van der Waals surface area contributed by atoms with Crippen LogP contribution in [0.5, 0.6) is 0 Å². The average molecular weight is 339 g/mol. The van der Waals surface area contributed by atoms with Gasteiger partial charge in [-0.25, -0.2) is 23.5 Å². The molecule has 4 aliphatic carbocycles. The molecule has 2 atom stereocenters. The second kappa shape index (κ2) is 5.08. The van der Waals surface area contributed by atoms with Crippen LogP contribution in [0.2, 0.25) is 0 Å². The Labute approximate surface area is 137 Å². The second-order valence-electron chi connectivity index (χ2n) is 7.69. The van der Waals surface area contributed by atoms with Gasteiger partial charge in [-0.1, -0.05) is 0 Å². The van der Waals surface area contributed by atoms with Gasteiger partial charge in [0.05, 0.1) is 5.60 Å². The van der Waals surface area contributed by atoms with E-state index in [2.05, 4.69) is 15.3 Å². The fraction of sp³-hybridized carbons (Fsp3) is 0.688. The van der Waals surface area contributed by atoms with E-state index in [9.17, 15) is 18.7 Å². The molecule has 2 unspecified atom stereocenters. The first kappa shape index (κ1) is 15.7. The third kappa shape index (κ3) is 2.53. The van der Waals surface area contributed by atoms with Gasteiger partial charge in [0, 0.05) is 11.7 Å². The van der Waals surface area contributed by atoms with E-state index in [1.165, 1.54) is 0 Å². The Hall–Kier alpha value is -1.83. The number of nitrogens with one attached hydrogen (secondary N) is 1. The molecule has 130 valence electrons. The number of aromatic nitrogens is 2. The third-order valence-corrected chi connectivity index (χ3v) is 5.66. The van der Waals surface area contributed by atoms with Crippen LogP contribution in [0.1, 0.15) is 61.0 Å². The number of aromatic carboxylic acids is 1. The van der Waals surface area contributed by atoms with E-state index >= 15 is 0 Å². The van der Waals surface area contributed by atoms with Gasteiger partial charge in [0.2, 0.25) is 5.95 Å². The van der Waals surface area contributed by atoms with Crippen molar-refractivity contribution in [3.63, 3.8) is 0 Å². The van der Waals surface area contributed by atoms with Gasteiger partial charge in [-0.05, 0) is 50.4 Å². The summed E-state index contributed by atoms with van der Waals surface area (Å²) in [5.74, 6) is -0.602. The Kier molecular flexibility index (Phi) is 3.32. The molecule has 0 amide bonds. The van der Waals surface area contributed by atoms with Crippen LogP contribution < -0.4 is 5.32 Å². The largest absolute Gasteiger partial charge is 0.478 e. The molecule has 4 bridgehead atoms. The molecule has 0 radical (unpaired) electrons. The lowest BCUT2D eigenvalue weighted by Crippen LogP contribution is -2.62. The van der Waals surface area contributed by atoms with Gasteiger partial charge in [0.1, 0.15) is 11.3 Å². The van der Waals surface area contributed by atoms with Crippen molar-refractivity contribution in [2.24, 2.45) is 11.8 Å². The molecule has 24 heavy (non-hydrogen) atoms. The zero-order chi connectivity index (χ0) is 17.1. The highest BCUT2D eigenvalue weighted by atomic mass is 19.3. The number of alkyl halides is 2. The summed E-state index contributed by atoms with van der Waals surface area (Å²) in [5, 5.41) is 22.9. The molecule has 4 fully saturated rings. The molecule has 4 aliphatic rings. The van der Waals surface area contributed by atoms with E-state index in [1.807, 2.05) is 0 Å². The van der Waals surface area contributed by atoms with Gasteiger partial charge < -0.3 is 15.5 Å². The van der Waals surface area contributed by atoms with E-state index in [0.29, 0.717) is 18.3 Å². The maximum Gasteiger partial charge on any atom is 0.339 e. The van der Waals surface area contributed by atoms with Crippen molar-refractivity contribution < 1.29 is 23.8 Å². The first-order chi connectivity index (χ1) is 11.3. The number of carboxylic acids is 1. The number of aliphatic hydroxyl groups is 1.